The highest BCUT2D eigenvalue weighted by molar-refractivity contribution is 5.88. The topological polar surface area (TPSA) is 63.8 Å². The van der Waals surface area contributed by atoms with Gasteiger partial charge in [-0.2, -0.15) is 18.2 Å². The molecule has 0 aliphatic carbocycles. The van der Waals surface area contributed by atoms with Gasteiger partial charge in [0, 0.05) is 18.9 Å². The Morgan fingerprint density at radius 2 is 1.79 bits per heavy atom. The minimum absolute atomic E-state index is 0.0517. The van der Waals surface area contributed by atoms with Crippen molar-refractivity contribution >= 4 is 16.7 Å². The number of pyridine rings is 1. The molecule has 4 aromatic rings. The zero-order valence-electron chi connectivity index (χ0n) is 15.7. The van der Waals surface area contributed by atoms with E-state index in [1.165, 1.54) is 12.1 Å². The van der Waals surface area contributed by atoms with Gasteiger partial charge in [0.05, 0.1) is 16.6 Å². The van der Waals surface area contributed by atoms with Gasteiger partial charge in [0.2, 0.25) is 11.7 Å². The van der Waals surface area contributed by atoms with Crippen LogP contribution >= 0.6 is 0 Å². The lowest BCUT2D eigenvalue weighted by Gasteiger charge is -2.15. The maximum absolute atomic E-state index is 13.3. The molecule has 2 aromatic carbocycles. The van der Waals surface area contributed by atoms with Gasteiger partial charge in [-0.3, -0.25) is 0 Å². The largest absolute Gasteiger partial charge is 0.416 e. The SMILES string of the molecule is Cc1ccc2cc(-c3noc(C)n3)c(NCc3ccccc3C(F)(F)F)nc2c1. The summed E-state index contributed by atoms with van der Waals surface area (Å²) in [5.74, 6) is 1.10. The van der Waals surface area contributed by atoms with Crippen LogP contribution in [0.5, 0.6) is 0 Å². The van der Waals surface area contributed by atoms with Crippen LogP contribution in [0.3, 0.4) is 0 Å². The molecule has 0 bridgehead atoms. The smallest absolute Gasteiger partial charge is 0.365 e. The van der Waals surface area contributed by atoms with Gasteiger partial charge in [0.15, 0.2) is 0 Å². The van der Waals surface area contributed by atoms with E-state index in [2.05, 4.69) is 20.4 Å². The van der Waals surface area contributed by atoms with Crippen LogP contribution in [0.25, 0.3) is 22.3 Å². The standard InChI is InChI=1S/C21H17F3N4O/c1-12-7-8-14-10-16(20-26-13(2)29-28-20)19(27-18(14)9-12)25-11-15-5-3-4-6-17(15)21(22,23)24/h3-10H,11H2,1-2H3,(H,25,27). The number of hydrogen-bond donors (Lipinski definition) is 1. The van der Waals surface area contributed by atoms with E-state index in [-0.39, 0.29) is 12.1 Å². The molecule has 4 rings (SSSR count). The van der Waals surface area contributed by atoms with Gasteiger partial charge in [-0.25, -0.2) is 4.98 Å². The fourth-order valence-corrected chi connectivity index (χ4v) is 3.12. The molecule has 5 nitrogen and oxygen atoms in total. The number of nitrogens with one attached hydrogen (secondary N) is 1. The predicted octanol–water partition coefficient (Wildman–Crippen LogP) is 5.53. The van der Waals surface area contributed by atoms with Crippen molar-refractivity contribution in [3.05, 3.63) is 71.1 Å². The molecule has 8 heteroatoms. The predicted molar refractivity (Wildman–Crippen MR) is 103 cm³/mol. The number of hydrogen-bond acceptors (Lipinski definition) is 5. The van der Waals surface area contributed by atoms with Crippen molar-refractivity contribution in [1.29, 1.82) is 0 Å². The Morgan fingerprint density at radius 3 is 2.52 bits per heavy atom. The Bertz CT molecular complexity index is 1180. The monoisotopic (exact) mass is 398 g/mol. The third-order valence-electron chi connectivity index (χ3n) is 4.51. The zero-order valence-corrected chi connectivity index (χ0v) is 15.7. The summed E-state index contributed by atoms with van der Waals surface area (Å²) in [5, 5.41) is 7.84. The van der Waals surface area contributed by atoms with E-state index >= 15 is 0 Å². The number of rotatable bonds is 4. The molecule has 0 atom stereocenters. The molecule has 2 aromatic heterocycles. The van der Waals surface area contributed by atoms with Crippen molar-refractivity contribution in [2.24, 2.45) is 0 Å². The summed E-state index contributed by atoms with van der Waals surface area (Å²) in [6.45, 7) is 3.56. The average molecular weight is 398 g/mol. The van der Waals surface area contributed by atoms with E-state index in [1.54, 1.807) is 13.0 Å². The van der Waals surface area contributed by atoms with E-state index in [0.29, 0.717) is 23.1 Å². The third-order valence-corrected chi connectivity index (χ3v) is 4.51. The maximum Gasteiger partial charge on any atom is 0.416 e. The Kier molecular flexibility index (Phi) is 4.70. The molecule has 2 heterocycles. The first-order valence-corrected chi connectivity index (χ1v) is 8.92. The summed E-state index contributed by atoms with van der Waals surface area (Å²) < 4.78 is 45.0. The second-order valence-corrected chi connectivity index (χ2v) is 6.73. The molecule has 0 radical (unpaired) electrons. The third kappa shape index (κ3) is 3.91. The van der Waals surface area contributed by atoms with Gasteiger partial charge >= 0.3 is 6.18 Å². The van der Waals surface area contributed by atoms with E-state index in [0.717, 1.165) is 22.5 Å². The highest BCUT2D eigenvalue weighted by Gasteiger charge is 2.32. The highest BCUT2D eigenvalue weighted by atomic mass is 19.4. The first-order chi connectivity index (χ1) is 13.8. The van der Waals surface area contributed by atoms with Gasteiger partial charge in [0.1, 0.15) is 5.82 Å². The van der Waals surface area contributed by atoms with Gasteiger partial charge in [0.25, 0.3) is 0 Å². The van der Waals surface area contributed by atoms with Crippen LogP contribution in [0.2, 0.25) is 0 Å². The molecular weight excluding hydrogens is 381 g/mol. The average Bonchev–Trinajstić information content (AvgIpc) is 3.11. The molecule has 0 fully saturated rings. The quantitative estimate of drug-likeness (QED) is 0.490. The second kappa shape index (κ2) is 7.20. The molecule has 0 unspecified atom stereocenters. The van der Waals surface area contributed by atoms with E-state index < -0.39 is 11.7 Å². The number of halogens is 3. The van der Waals surface area contributed by atoms with Crippen LogP contribution in [0.15, 0.2) is 53.1 Å². The Labute approximate surface area is 164 Å². The molecule has 0 saturated heterocycles. The Morgan fingerprint density at radius 1 is 1.00 bits per heavy atom. The number of aryl methyl sites for hydroxylation is 2. The summed E-state index contributed by atoms with van der Waals surface area (Å²) in [6, 6.07) is 13.1. The molecule has 29 heavy (non-hydrogen) atoms. The summed E-state index contributed by atoms with van der Waals surface area (Å²) in [4.78, 5) is 8.85. The van der Waals surface area contributed by atoms with Crippen LogP contribution in [0.1, 0.15) is 22.6 Å². The maximum atomic E-state index is 13.3. The molecule has 148 valence electrons. The van der Waals surface area contributed by atoms with Crippen LogP contribution in [0.4, 0.5) is 19.0 Å². The minimum Gasteiger partial charge on any atom is -0.365 e. The first-order valence-electron chi connectivity index (χ1n) is 8.92. The van der Waals surface area contributed by atoms with Crippen LogP contribution in [-0.2, 0) is 12.7 Å². The lowest BCUT2D eigenvalue weighted by Crippen LogP contribution is -2.12. The summed E-state index contributed by atoms with van der Waals surface area (Å²) in [7, 11) is 0. The summed E-state index contributed by atoms with van der Waals surface area (Å²) >= 11 is 0. The highest BCUT2D eigenvalue weighted by Crippen LogP contribution is 2.33. The molecule has 0 spiro atoms. The number of anilines is 1. The summed E-state index contributed by atoms with van der Waals surface area (Å²) in [5.41, 5.74) is 1.76. The molecule has 0 aliphatic heterocycles. The fourth-order valence-electron chi connectivity index (χ4n) is 3.12. The minimum atomic E-state index is -4.43. The van der Waals surface area contributed by atoms with Crippen molar-refractivity contribution < 1.29 is 17.7 Å². The number of nitrogens with zero attached hydrogens (tertiary/aromatic N) is 3. The van der Waals surface area contributed by atoms with Crippen LogP contribution in [-0.4, -0.2) is 15.1 Å². The van der Waals surface area contributed by atoms with Crippen LogP contribution in [0, 0.1) is 13.8 Å². The molecule has 1 N–H and O–H groups in total. The van der Waals surface area contributed by atoms with E-state index in [4.69, 9.17) is 4.52 Å². The van der Waals surface area contributed by atoms with Gasteiger partial charge in [-0.1, -0.05) is 35.5 Å². The van der Waals surface area contributed by atoms with Crippen molar-refractivity contribution in [3.63, 3.8) is 0 Å². The Balaban J connectivity index is 1.76. The van der Waals surface area contributed by atoms with Gasteiger partial charge in [-0.15, -0.1) is 0 Å². The molecule has 0 saturated carbocycles. The van der Waals surface area contributed by atoms with E-state index in [1.807, 2.05) is 31.2 Å². The molecular formula is C21H17F3N4O. The van der Waals surface area contributed by atoms with Crippen molar-refractivity contribution in [3.8, 4) is 11.4 Å². The second-order valence-electron chi connectivity index (χ2n) is 6.73. The number of fused-ring (bicyclic) bond motifs is 1. The normalized spacial score (nSPS) is 11.8. The van der Waals surface area contributed by atoms with E-state index in [9.17, 15) is 13.2 Å². The fraction of sp³-hybridized carbons (Fsp3) is 0.190. The van der Waals surface area contributed by atoms with Crippen molar-refractivity contribution in [2.45, 2.75) is 26.6 Å². The number of aromatic nitrogens is 3. The Hall–Kier alpha value is -3.42. The number of benzene rings is 2. The molecule has 0 aliphatic rings. The van der Waals surface area contributed by atoms with Gasteiger partial charge < -0.3 is 9.84 Å². The summed E-state index contributed by atoms with van der Waals surface area (Å²) in [6.07, 6.45) is -4.43. The zero-order chi connectivity index (χ0) is 20.6. The molecule has 0 amide bonds. The van der Waals surface area contributed by atoms with Crippen molar-refractivity contribution in [2.75, 3.05) is 5.32 Å². The first kappa shape index (κ1) is 18.9. The van der Waals surface area contributed by atoms with Gasteiger partial charge in [-0.05, 0) is 36.2 Å². The number of alkyl halides is 3. The lowest BCUT2D eigenvalue weighted by molar-refractivity contribution is -0.138. The lowest BCUT2D eigenvalue weighted by atomic mass is 10.1. The van der Waals surface area contributed by atoms with Crippen molar-refractivity contribution in [1.82, 2.24) is 15.1 Å². The van der Waals surface area contributed by atoms with Crippen LogP contribution < -0.4 is 5.32 Å².